The van der Waals surface area contributed by atoms with Crippen molar-refractivity contribution in [2.45, 2.75) is 70.8 Å². The Hall–Kier alpha value is -4.46. The number of likely N-dealkylation sites (tertiary alicyclic amines) is 1. The van der Waals surface area contributed by atoms with Gasteiger partial charge in [-0.2, -0.15) is 0 Å². The second-order valence-electron chi connectivity index (χ2n) is 12.7. The van der Waals surface area contributed by atoms with Gasteiger partial charge in [0.2, 0.25) is 18.3 Å². The second kappa shape index (κ2) is 14.3. The third-order valence-corrected chi connectivity index (χ3v) is 9.31. The molecule has 2 aromatic heterocycles. The number of piperidine rings is 1. The Morgan fingerprint density at radius 2 is 1.85 bits per heavy atom. The summed E-state index contributed by atoms with van der Waals surface area (Å²) in [6.07, 6.45) is 0.773. The minimum absolute atomic E-state index is 0.0988. The zero-order valence-corrected chi connectivity index (χ0v) is 28.0. The molecule has 0 bridgehead atoms. The Labute approximate surface area is 277 Å². The average Bonchev–Trinajstić information content (AvgIpc) is 3.02. The van der Waals surface area contributed by atoms with Crippen LogP contribution in [0.4, 0.5) is 23.9 Å². The summed E-state index contributed by atoms with van der Waals surface area (Å²) in [5.41, 5.74) is 1.00. The fourth-order valence-corrected chi connectivity index (χ4v) is 6.89. The van der Waals surface area contributed by atoms with Crippen molar-refractivity contribution in [2.75, 3.05) is 24.2 Å². The van der Waals surface area contributed by atoms with Crippen LogP contribution in [-0.4, -0.2) is 71.3 Å². The molecule has 10 nitrogen and oxygen atoms in total. The first-order valence-corrected chi connectivity index (χ1v) is 17.4. The molecule has 3 heterocycles. The van der Waals surface area contributed by atoms with E-state index in [1.165, 1.54) is 6.07 Å². The number of carbonyl (C=O) groups excluding carboxylic acids is 1. The lowest BCUT2D eigenvalue weighted by Crippen LogP contribution is -2.47. The van der Waals surface area contributed by atoms with Crippen molar-refractivity contribution in [3.8, 4) is 22.9 Å². The van der Waals surface area contributed by atoms with Gasteiger partial charge >= 0.3 is 6.09 Å². The Bertz CT molecular complexity index is 1900. The predicted molar refractivity (Wildman–Crippen MR) is 177 cm³/mol. The van der Waals surface area contributed by atoms with Crippen molar-refractivity contribution in [1.82, 2.24) is 19.9 Å². The summed E-state index contributed by atoms with van der Waals surface area (Å²) in [5.74, 6) is -1.37. The molecule has 5 rings (SSSR count). The first kappa shape index (κ1) is 34.9. The normalized spacial score (nSPS) is 15.5. The molecule has 1 fully saturated rings. The summed E-state index contributed by atoms with van der Waals surface area (Å²) in [6.45, 7) is 8.30. The van der Waals surface area contributed by atoms with E-state index in [0.29, 0.717) is 47.0 Å². The number of alkyl halides is 2. The number of benzene rings is 2. The van der Waals surface area contributed by atoms with E-state index in [4.69, 9.17) is 14.5 Å². The molecule has 2 aromatic carbocycles. The highest BCUT2D eigenvalue weighted by Crippen LogP contribution is 2.38. The number of carbonyl (C=O) groups is 1. The van der Waals surface area contributed by atoms with Gasteiger partial charge in [-0.3, -0.25) is 0 Å². The largest absolute Gasteiger partial charge is 0.444 e. The van der Waals surface area contributed by atoms with E-state index in [-0.39, 0.29) is 29.0 Å². The highest BCUT2D eigenvalue weighted by atomic mass is 32.2. The highest BCUT2D eigenvalue weighted by molar-refractivity contribution is 7.90. The van der Waals surface area contributed by atoms with Crippen molar-refractivity contribution in [3.63, 3.8) is 0 Å². The fraction of sp³-hybridized carbons (Fsp3) is 0.412. The highest BCUT2D eigenvalue weighted by Gasteiger charge is 2.28. The number of halogens is 3. The third kappa shape index (κ3) is 8.71. The number of hydrogen-bond donors (Lipinski definition) is 1. The van der Waals surface area contributed by atoms with Gasteiger partial charge in [-0.05, 0) is 81.8 Å². The van der Waals surface area contributed by atoms with Gasteiger partial charge in [-0.15, -0.1) is 0 Å². The molecule has 0 spiro atoms. The van der Waals surface area contributed by atoms with Gasteiger partial charge in [-0.1, -0.05) is 12.1 Å². The number of fused-ring (bicyclic) bond motifs is 1. The molecule has 0 radical (unpaired) electrons. The fourth-order valence-electron chi connectivity index (χ4n) is 5.48. The Morgan fingerprint density at radius 1 is 1.08 bits per heavy atom. The van der Waals surface area contributed by atoms with Crippen molar-refractivity contribution in [2.24, 2.45) is 0 Å². The minimum atomic E-state index is -4.02. The molecule has 48 heavy (non-hydrogen) atoms. The van der Waals surface area contributed by atoms with E-state index in [2.05, 4.69) is 15.3 Å². The molecule has 14 heteroatoms. The molecule has 1 atom stereocenters. The van der Waals surface area contributed by atoms with E-state index < -0.39 is 45.6 Å². The van der Waals surface area contributed by atoms with Crippen LogP contribution >= 0.6 is 0 Å². The number of sulfone groups is 1. The van der Waals surface area contributed by atoms with Gasteiger partial charge in [-0.25, -0.2) is 41.3 Å². The molecule has 256 valence electrons. The van der Waals surface area contributed by atoms with Crippen LogP contribution in [0.3, 0.4) is 0 Å². The number of nitrogens with one attached hydrogen (secondary N) is 1. The van der Waals surface area contributed by atoms with Gasteiger partial charge in [0.25, 0.3) is 0 Å². The zero-order valence-electron chi connectivity index (χ0n) is 27.2. The standard InChI is InChI=1S/C34H38F3N5O5S/c1-21-9-10-23-24(11-12-27(35)26(23)20-48(44,45)18-14-29(36)37)30(21)46-31-25(8-5-15-38-31)28-13-16-39-32(41-28)40-22-7-6-17-42(19-22)33(43)47-34(2,3)4/h5,8-13,15-16,22,29H,6-7,14,17-20H2,1-4H3,(H,39,40,41)/t22-/m0/s1. The number of nitrogens with zero attached hydrogens (tertiary/aromatic N) is 4. The molecular formula is C34H38F3N5O5S. The summed E-state index contributed by atoms with van der Waals surface area (Å²) in [4.78, 5) is 27.8. The van der Waals surface area contributed by atoms with Gasteiger partial charge in [0, 0.05) is 48.9 Å². The predicted octanol–water partition coefficient (Wildman–Crippen LogP) is 7.31. The molecule has 0 unspecified atom stereocenters. The first-order chi connectivity index (χ1) is 22.7. The minimum Gasteiger partial charge on any atom is -0.444 e. The van der Waals surface area contributed by atoms with Crippen LogP contribution in [0, 0.1) is 12.7 Å². The molecule has 1 aliphatic heterocycles. The summed E-state index contributed by atoms with van der Waals surface area (Å²) in [7, 11) is -4.02. The number of pyridine rings is 1. The van der Waals surface area contributed by atoms with Crippen LogP contribution in [0.2, 0.25) is 0 Å². The number of rotatable bonds is 10. The number of hydrogen-bond acceptors (Lipinski definition) is 9. The number of ether oxygens (including phenoxy) is 2. The molecule has 1 aliphatic rings. The SMILES string of the molecule is Cc1ccc2c(CS(=O)(=O)CCC(F)F)c(F)ccc2c1Oc1ncccc1-c1ccnc(N[C@H]2CCCN(C(=O)OC(C)(C)C)C2)n1. The van der Waals surface area contributed by atoms with Crippen LogP contribution < -0.4 is 10.1 Å². The maximum Gasteiger partial charge on any atom is 0.410 e. The number of amides is 1. The third-order valence-electron chi connectivity index (χ3n) is 7.72. The first-order valence-electron chi connectivity index (χ1n) is 15.6. The number of aromatic nitrogens is 3. The molecule has 4 aromatic rings. The van der Waals surface area contributed by atoms with Crippen LogP contribution in [0.25, 0.3) is 22.0 Å². The lowest BCUT2D eigenvalue weighted by atomic mass is 10.0. The molecule has 0 aliphatic carbocycles. The van der Waals surface area contributed by atoms with E-state index in [1.54, 1.807) is 54.5 Å². The lowest BCUT2D eigenvalue weighted by Gasteiger charge is -2.34. The van der Waals surface area contributed by atoms with Gasteiger partial charge in [0.1, 0.15) is 17.2 Å². The molecular weight excluding hydrogens is 647 g/mol. The zero-order chi connectivity index (χ0) is 34.6. The summed E-state index contributed by atoms with van der Waals surface area (Å²) in [6, 6.07) is 11.0. The smallest absolute Gasteiger partial charge is 0.410 e. The van der Waals surface area contributed by atoms with E-state index in [9.17, 15) is 22.0 Å². The van der Waals surface area contributed by atoms with Crippen molar-refractivity contribution in [1.29, 1.82) is 0 Å². The Kier molecular flexibility index (Phi) is 10.4. The van der Waals surface area contributed by atoms with Gasteiger partial charge < -0.3 is 19.7 Å². The number of aryl methyl sites for hydroxylation is 1. The van der Waals surface area contributed by atoms with E-state index in [0.717, 1.165) is 18.9 Å². The van der Waals surface area contributed by atoms with E-state index >= 15 is 4.39 Å². The van der Waals surface area contributed by atoms with Crippen LogP contribution in [0.15, 0.2) is 54.9 Å². The Balaban J connectivity index is 1.40. The molecule has 1 saturated heterocycles. The van der Waals surface area contributed by atoms with Crippen LogP contribution in [0.1, 0.15) is 51.2 Å². The van der Waals surface area contributed by atoms with Gasteiger partial charge in [0.05, 0.1) is 22.8 Å². The molecule has 1 N–H and O–H groups in total. The summed E-state index contributed by atoms with van der Waals surface area (Å²) >= 11 is 0. The van der Waals surface area contributed by atoms with Crippen molar-refractivity contribution < 1.29 is 35.9 Å². The molecule has 1 amide bonds. The average molecular weight is 686 g/mol. The monoisotopic (exact) mass is 685 g/mol. The quantitative estimate of drug-likeness (QED) is 0.183. The van der Waals surface area contributed by atoms with Gasteiger partial charge in [0.15, 0.2) is 9.84 Å². The van der Waals surface area contributed by atoms with E-state index in [1.807, 2.05) is 20.8 Å². The van der Waals surface area contributed by atoms with Crippen molar-refractivity contribution in [3.05, 3.63) is 71.8 Å². The second-order valence-corrected chi connectivity index (χ2v) is 14.9. The van der Waals surface area contributed by atoms with Crippen LogP contribution in [0.5, 0.6) is 11.6 Å². The topological polar surface area (TPSA) is 124 Å². The van der Waals surface area contributed by atoms with Crippen molar-refractivity contribution >= 4 is 32.7 Å². The lowest BCUT2D eigenvalue weighted by molar-refractivity contribution is 0.0206. The molecule has 0 saturated carbocycles. The summed E-state index contributed by atoms with van der Waals surface area (Å²) < 4.78 is 77.6. The summed E-state index contributed by atoms with van der Waals surface area (Å²) in [5, 5.41) is 4.05. The van der Waals surface area contributed by atoms with Crippen LogP contribution in [-0.2, 0) is 20.3 Å². The maximum absolute atomic E-state index is 15.0. The maximum atomic E-state index is 15.0. The Morgan fingerprint density at radius 3 is 2.60 bits per heavy atom. The number of anilines is 1.